The van der Waals surface area contributed by atoms with Crippen molar-refractivity contribution in [2.75, 3.05) is 12.3 Å². The third-order valence-electron chi connectivity index (χ3n) is 4.13. The lowest BCUT2D eigenvalue weighted by atomic mass is 10.0. The van der Waals surface area contributed by atoms with Crippen LogP contribution in [0.3, 0.4) is 0 Å². The van der Waals surface area contributed by atoms with Gasteiger partial charge >= 0.3 is 0 Å². The van der Waals surface area contributed by atoms with E-state index < -0.39 is 27.9 Å². The number of nitrogens with two attached hydrogens (primary N) is 1. The van der Waals surface area contributed by atoms with E-state index in [2.05, 4.69) is 5.32 Å². The summed E-state index contributed by atoms with van der Waals surface area (Å²) in [4.78, 5) is 12.1. The maximum atomic E-state index is 12.3. The molecule has 0 saturated carbocycles. The number of carbonyl (C=O) groups is 1. The number of rotatable bonds is 9. The molecule has 2 aromatic carbocycles. The fourth-order valence-corrected chi connectivity index (χ4v) is 4.25. The summed E-state index contributed by atoms with van der Waals surface area (Å²) in [6.07, 6.45) is -0.859. The average molecular weight is 445 g/mol. The van der Waals surface area contributed by atoms with Crippen molar-refractivity contribution in [3.8, 4) is 0 Å². The van der Waals surface area contributed by atoms with Crippen LogP contribution in [0.15, 0.2) is 53.4 Å². The highest BCUT2D eigenvalue weighted by Gasteiger charge is 2.23. The lowest BCUT2D eigenvalue weighted by Gasteiger charge is -2.18. The molecule has 0 bridgehead atoms. The van der Waals surface area contributed by atoms with Crippen molar-refractivity contribution < 1.29 is 18.3 Å². The Morgan fingerprint density at radius 2 is 1.79 bits per heavy atom. The predicted molar refractivity (Wildman–Crippen MR) is 110 cm³/mol. The van der Waals surface area contributed by atoms with E-state index in [4.69, 9.17) is 28.9 Å². The molecule has 0 aliphatic heterocycles. The SMILES string of the molecule is N[C@@H](Cc1ccccc1)C(O)C(=O)NCCCS(=O)(=O)c1ccc(Cl)c(Cl)c1. The lowest BCUT2D eigenvalue weighted by molar-refractivity contribution is -0.130. The van der Waals surface area contributed by atoms with Gasteiger partial charge in [0.05, 0.1) is 20.7 Å². The number of halogens is 2. The van der Waals surface area contributed by atoms with E-state index >= 15 is 0 Å². The minimum Gasteiger partial charge on any atom is -0.382 e. The van der Waals surface area contributed by atoms with Gasteiger partial charge in [-0.05, 0) is 36.6 Å². The Morgan fingerprint density at radius 3 is 2.43 bits per heavy atom. The van der Waals surface area contributed by atoms with Crippen LogP contribution in [0.2, 0.25) is 10.0 Å². The molecule has 0 fully saturated rings. The Balaban J connectivity index is 1.80. The molecule has 152 valence electrons. The van der Waals surface area contributed by atoms with Crippen LogP contribution in [0.25, 0.3) is 0 Å². The first kappa shape index (κ1) is 22.6. The van der Waals surface area contributed by atoms with Gasteiger partial charge < -0.3 is 16.2 Å². The zero-order valence-corrected chi connectivity index (χ0v) is 17.3. The molecule has 28 heavy (non-hydrogen) atoms. The van der Waals surface area contributed by atoms with Crippen LogP contribution >= 0.6 is 23.2 Å². The number of aliphatic hydroxyl groups excluding tert-OH is 1. The molecule has 2 rings (SSSR count). The second-order valence-corrected chi connectivity index (χ2v) is 9.26. The molecule has 2 atom stereocenters. The number of nitrogens with one attached hydrogen (secondary N) is 1. The number of sulfone groups is 1. The van der Waals surface area contributed by atoms with Gasteiger partial charge in [0, 0.05) is 12.6 Å². The summed E-state index contributed by atoms with van der Waals surface area (Å²) in [6.45, 7) is 0.0918. The molecule has 1 amide bonds. The maximum absolute atomic E-state index is 12.3. The van der Waals surface area contributed by atoms with Crippen LogP contribution in [0.1, 0.15) is 12.0 Å². The smallest absolute Gasteiger partial charge is 0.250 e. The summed E-state index contributed by atoms with van der Waals surface area (Å²) in [5.74, 6) is -0.812. The second-order valence-electron chi connectivity index (χ2n) is 6.34. The van der Waals surface area contributed by atoms with Crippen LogP contribution in [0.5, 0.6) is 0 Å². The molecule has 0 heterocycles. The molecular weight excluding hydrogens is 423 g/mol. The summed E-state index contributed by atoms with van der Waals surface area (Å²) in [6, 6.07) is 12.6. The van der Waals surface area contributed by atoms with Crippen molar-refractivity contribution in [1.29, 1.82) is 0 Å². The van der Waals surface area contributed by atoms with Crippen molar-refractivity contribution in [3.05, 3.63) is 64.1 Å². The van der Waals surface area contributed by atoms with Gasteiger partial charge in [-0.2, -0.15) is 0 Å². The molecule has 2 aromatic rings. The molecule has 4 N–H and O–H groups in total. The largest absolute Gasteiger partial charge is 0.382 e. The van der Waals surface area contributed by atoms with Gasteiger partial charge in [0.15, 0.2) is 9.84 Å². The third-order valence-corrected chi connectivity index (χ3v) is 6.66. The van der Waals surface area contributed by atoms with Crippen molar-refractivity contribution in [1.82, 2.24) is 5.32 Å². The van der Waals surface area contributed by atoms with Crippen molar-refractivity contribution in [2.45, 2.75) is 29.9 Å². The quantitative estimate of drug-likeness (QED) is 0.513. The third kappa shape index (κ3) is 6.46. The van der Waals surface area contributed by atoms with Crippen molar-refractivity contribution in [3.63, 3.8) is 0 Å². The van der Waals surface area contributed by atoms with Gasteiger partial charge in [0.1, 0.15) is 6.10 Å². The van der Waals surface area contributed by atoms with Crippen LogP contribution in [-0.2, 0) is 21.1 Å². The zero-order valence-electron chi connectivity index (χ0n) is 15.0. The van der Waals surface area contributed by atoms with Crippen LogP contribution in [-0.4, -0.2) is 43.9 Å². The topological polar surface area (TPSA) is 109 Å². The van der Waals surface area contributed by atoms with Gasteiger partial charge in [0.2, 0.25) is 5.91 Å². The molecule has 0 aromatic heterocycles. The van der Waals surface area contributed by atoms with E-state index in [1.807, 2.05) is 30.3 Å². The first-order valence-electron chi connectivity index (χ1n) is 8.64. The number of amides is 1. The molecule has 0 saturated heterocycles. The molecule has 6 nitrogen and oxygen atoms in total. The fourth-order valence-electron chi connectivity index (χ4n) is 2.56. The minimum absolute atomic E-state index is 0.0677. The van der Waals surface area contributed by atoms with Crippen LogP contribution in [0.4, 0.5) is 0 Å². The Morgan fingerprint density at radius 1 is 1.11 bits per heavy atom. The summed E-state index contributed by atoms with van der Waals surface area (Å²) < 4.78 is 24.6. The van der Waals surface area contributed by atoms with E-state index in [9.17, 15) is 18.3 Å². The molecule has 0 aliphatic carbocycles. The highest BCUT2D eigenvalue weighted by Crippen LogP contribution is 2.25. The van der Waals surface area contributed by atoms with E-state index in [-0.39, 0.29) is 33.7 Å². The van der Waals surface area contributed by atoms with Gasteiger partial charge in [0.25, 0.3) is 0 Å². The van der Waals surface area contributed by atoms with Crippen molar-refractivity contribution >= 4 is 38.9 Å². The van der Waals surface area contributed by atoms with Gasteiger partial charge in [-0.1, -0.05) is 53.5 Å². The average Bonchev–Trinajstić information content (AvgIpc) is 2.67. The standard InChI is InChI=1S/C19H22Cl2N2O4S/c20-15-8-7-14(12-16(15)21)28(26,27)10-4-9-23-19(25)18(24)17(22)11-13-5-2-1-3-6-13/h1-3,5-8,12,17-18,24H,4,9-11,22H2,(H,23,25)/t17-,18?/m0/s1. The number of hydrogen-bond acceptors (Lipinski definition) is 5. The summed E-state index contributed by atoms with van der Waals surface area (Å²) >= 11 is 11.6. The number of hydrogen-bond donors (Lipinski definition) is 3. The van der Waals surface area contributed by atoms with Gasteiger partial charge in [-0.25, -0.2) is 8.42 Å². The maximum Gasteiger partial charge on any atom is 0.250 e. The fraction of sp³-hybridized carbons (Fsp3) is 0.316. The van der Waals surface area contributed by atoms with E-state index in [0.717, 1.165) is 5.56 Å². The highest BCUT2D eigenvalue weighted by molar-refractivity contribution is 7.91. The Hall–Kier alpha value is -1.64. The zero-order chi connectivity index (χ0) is 20.7. The van der Waals surface area contributed by atoms with Crippen LogP contribution < -0.4 is 11.1 Å². The summed E-state index contributed by atoms with van der Waals surface area (Å²) in [7, 11) is -3.56. The summed E-state index contributed by atoms with van der Waals surface area (Å²) in [5, 5.41) is 13.0. The molecule has 0 radical (unpaired) electrons. The van der Waals surface area contributed by atoms with Crippen LogP contribution in [0, 0.1) is 0 Å². The Kier molecular flexibility index (Phi) is 8.27. The Labute approximate surface area is 174 Å². The van der Waals surface area contributed by atoms with Crippen molar-refractivity contribution in [2.24, 2.45) is 5.73 Å². The number of benzene rings is 2. The molecule has 0 spiro atoms. The first-order valence-corrected chi connectivity index (χ1v) is 11.0. The Bertz CT molecular complexity index is 907. The lowest BCUT2D eigenvalue weighted by Crippen LogP contribution is -2.47. The highest BCUT2D eigenvalue weighted by atomic mass is 35.5. The number of carbonyl (C=O) groups excluding carboxylic acids is 1. The van der Waals surface area contributed by atoms with E-state index in [1.54, 1.807) is 0 Å². The molecular formula is C19H22Cl2N2O4S. The molecule has 1 unspecified atom stereocenters. The monoisotopic (exact) mass is 444 g/mol. The van der Waals surface area contributed by atoms with E-state index in [1.165, 1.54) is 18.2 Å². The number of aliphatic hydroxyl groups is 1. The second kappa shape index (κ2) is 10.2. The van der Waals surface area contributed by atoms with Gasteiger partial charge in [-0.15, -0.1) is 0 Å². The first-order chi connectivity index (χ1) is 13.2. The normalized spacial score (nSPS) is 13.7. The molecule has 9 heteroatoms. The summed E-state index contributed by atoms with van der Waals surface area (Å²) in [5.41, 5.74) is 6.81. The minimum atomic E-state index is -3.56. The molecule has 0 aliphatic rings. The predicted octanol–water partition coefficient (Wildman–Crippen LogP) is 2.20. The van der Waals surface area contributed by atoms with Gasteiger partial charge in [-0.3, -0.25) is 4.79 Å². The van der Waals surface area contributed by atoms with E-state index in [0.29, 0.717) is 6.42 Å².